The number of hydrogen-bond acceptors (Lipinski definition) is 7. The van der Waals surface area contributed by atoms with Crippen LogP contribution in [0.1, 0.15) is 67.9 Å². The van der Waals surface area contributed by atoms with Gasteiger partial charge in [0.2, 0.25) is 11.4 Å². The van der Waals surface area contributed by atoms with Crippen LogP contribution in [-0.2, 0) is 11.3 Å². The Labute approximate surface area is 240 Å². The number of aromatic nitrogens is 3. The molecule has 0 radical (unpaired) electrons. The van der Waals surface area contributed by atoms with Gasteiger partial charge in [-0.25, -0.2) is 10.5 Å². The number of rotatable bonds is 9. The normalized spacial score (nSPS) is 14.5. The molecule has 4 aromatic rings. The zero-order chi connectivity index (χ0) is 28.9. The van der Waals surface area contributed by atoms with Crippen molar-refractivity contribution >= 4 is 28.6 Å². The molecule has 1 saturated heterocycles. The van der Waals surface area contributed by atoms with E-state index in [1.165, 1.54) is 36.4 Å². The van der Waals surface area contributed by atoms with Crippen LogP contribution in [0, 0.1) is 0 Å². The molecule has 41 heavy (non-hydrogen) atoms. The van der Waals surface area contributed by atoms with Crippen LogP contribution in [0.5, 0.6) is 0 Å². The third kappa shape index (κ3) is 6.47. The van der Waals surface area contributed by atoms with Gasteiger partial charge in [-0.15, -0.1) is 0 Å². The van der Waals surface area contributed by atoms with Crippen molar-refractivity contribution in [3.63, 3.8) is 0 Å². The van der Waals surface area contributed by atoms with Crippen LogP contribution in [0.4, 0.5) is 11.6 Å². The highest BCUT2D eigenvalue weighted by molar-refractivity contribution is 5.96. The van der Waals surface area contributed by atoms with E-state index in [1.54, 1.807) is 18.4 Å². The number of nitrogens with one attached hydrogen (secondary N) is 2. The number of pyridine rings is 1. The molecule has 1 fully saturated rings. The Morgan fingerprint density at radius 3 is 2.39 bits per heavy atom. The van der Waals surface area contributed by atoms with Gasteiger partial charge >= 0.3 is 0 Å². The highest BCUT2D eigenvalue weighted by atomic mass is 16.7. The summed E-state index contributed by atoms with van der Waals surface area (Å²) < 4.78 is 1.75. The second-order valence-corrected chi connectivity index (χ2v) is 10.7. The van der Waals surface area contributed by atoms with Crippen molar-refractivity contribution in [3.8, 4) is 5.69 Å². The molecule has 1 aliphatic heterocycles. The number of carbonyl (C=O) groups excluding carboxylic acids is 1. The summed E-state index contributed by atoms with van der Waals surface area (Å²) in [7, 11) is 0. The summed E-state index contributed by atoms with van der Waals surface area (Å²) in [4.78, 5) is 43.1. The number of aryl methyl sites for hydroxylation is 1. The van der Waals surface area contributed by atoms with E-state index in [-0.39, 0.29) is 17.1 Å². The van der Waals surface area contributed by atoms with E-state index in [1.807, 2.05) is 36.4 Å². The van der Waals surface area contributed by atoms with E-state index >= 15 is 0 Å². The van der Waals surface area contributed by atoms with Crippen LogP contribution < -0.4 is 16.2 Å². The molecule has 0 aliphatic carbocycles. The number of likely N-dealkylation sites (tertiary alicyclic amines) is 1. The standard InChI is InChI=1S/C32H38N6O3/c1-5-22-7-13-26(14-8-22)38-20-28(31(40)36-41-21(3)4)29(39)27-19-33-32(35-30(27)38)34-25-11-9-23(10-12-25)24-15-17-37(6-2)18-16-24/h7-14,19-21,24H,5-6,15-18H2,1-4H3,(H,36,40)(H,33,34,35). The summed E-state index contributed by atoms with van der Waals surface area (Å²) in [5, 5.41) is 3.52. The molecule has 9 nitrogen and oxygen atoms in total. The monoisotopic (exact) mass is 554 g/mol. The third-order valence-electron chi connectivity index (χ3n) is 7.67. The van der Waals surface area contributed by atoms with Crippen molar-refractivity contribution in [3.05, 3.63) is 87.8 Å². The predicted octanol–water partition coefficient (Wildman–Crippen LogP) is 5.36. The molecule has 9 heteroatoms. The van der Waals surface area contributed by atoms with Gasteiger partial charge < -0.3 is 14.8 Å². The second-order valence-electron chi connectivity index (χ2n) is 10.7. The molecule has 5 rings (SSSR count). The second kappa shape index (κ2) is 12.6. The van der Waals surface area contributed by atoms with Crippen molar-refractivity contribution in [2.75, 3.05) is 25.0 Å². The number of benzene rings is 2. The Hall–Kier alpha value is -4.08. The molecular formula is C32H38N6O3. The number of fused-ring (bicyclic) bond motifs is 1. The number of piperidine rings is 1. The van der Waals surface area contributed by atoms with Crippen molar-refractivity contribution in [2.45, 2.75) is 59.0 Å². The average molecular weight is 555 g/mol. The number of anilines is 2. The molecule has 3 heterocycles. The molecule has 0 bridgehead atoms. The summed E-state index contributed by atoms with van der Waals surface area (Å²) in [6, 6.07) is 16.4. The predicted molar refractivity (Wildman–Crippen MR) is 162 cm³/mol. The number of nitrogens with zero attached hydrogens (tertiary/aromatic N) is 4. The smallest absolute Gasteiger partial charge is 0.280 e. The number of carbonyl (C=O) groups is 1. The highest BCUT2D eigenvalue weighted by Gasteiger charge is 2.21. The van der Waals surface area contributed by atoms with E-state index in [0.29, 0.717) is 17.5 Å². The largest absolute Gasteiger partial charge is 0.324 e. The van der Waals surface area contributed by atoms with E-state index in [0.717, 1.165) is 37.4 Å². The molecule has 2 aromatic carbocycles. The quantitative estimate of drug-likeness (QED) is 0.269. The summed E-state index contributed by atoms with van der Waals surface area (Å²) >= 11 is 0. The minimum absolute atomic E-state index is 0.0533. The van der Waals surface area contributed by atoms with Gasteiger partial charge in [-0.3, -0.25) is 14.4 Å². The molecular weight excluding hydrogens is 516 g/mol. The van der Waals surface area contributed by atoms with Crippen LogP contribution in [0.15, 0.2) is 65.7 Å². The summed E-state index contributed by atoms with van der Waals surface area (Å²) in [5.41, 5.74) is 6.42. The number of amides is 1. The van der Waals surface area contributed by atoms with Crippen molar-refractivity contribution < 1.29 is 9.63 Å². The minimum atomic E-state index is -0.618. The third-order valence-corrected chi connectivity index (χ3v) is 7.67. The number of hydrogen-bond donors (Lipinski definition) is 2. The maximum atomic E-state index is 13.4. The molecule has 0 saturated carbocycles. The van der Waals surface area contributed by atoms with Gasteiger partial charge in [-0.2, -0.15) is 4.98 Å². The molecule has 2 N–H and O–H groups in total. The first-order valence-electron chi connectivity index (χ1n) is 14.4. The van der Waals surface area contributed by atoms with Gasteiger partial charge in [0, 0.05) is 23.8 Å². The molecule has 1 aliphatic rings. The lowest BCUT2D eigenvalue weighted by molar-refractivity contribution is 0.0000943. The van der Waals surface area contributed by atoms with E-state index < -0.39 is 11.3 Å². The maximum Gasteiger partial charge on any atom is 0.280 e. The minimum Gasteiger partial charge on any atom is -0.324 e. The first-order chi connectivity index (χ1) is 19.9. The van der Waals surface area contributed by atoms with E-state index in [4.69, 9.17) is 9.82 Å². The van der Waals surface area contributed by atoms with E-state index in [2.05, 4.69) is 46.7 Å². The summed E-state index contributed by atoms with van der Waals surface area (Å²) in [5.74, 6) is 0.321. The lowest BCUT2D eigenvalue weighted by atomic mass is 9.89. The first kappa shape index (κ1) is 28.4. The molecule has 0 spiro atoms. The Morgan fingerprint density at radius 2 is 1.76 bits per heavy atom. The van der Waals surface area contributed by atoms with Crippen molar-refractivity contribution in [1.82, 2.24) is 24.9 Å². The highest BCUT2D eigenvalue weighted by Crippen LogP contribution is 2.29. The SMILES string of the molecule is CCc1ccc(-n2cc(C(=O)NOC(C)C)c(=O)c3cnc(Nc4ccc(C5CCN(CC)CC5)cc4)nc32)cc1. The van der Waals surface area contributed by atoms with Crippen LogP contribution >= 0.6 is 0 Å². The number of hydroxylamine groups is 1. The lowest BCUT2D eigenvalue weighted by Gasteiger charge is -2.31. The first-order valence-corrected chi connectivity index (χ1v) is 14.4. The topological polar surface area (TPSA) is 101 Å². The van der Waals surface area contributed by atoms with Crippen LogP contribution in [0.2, 0.25) is 0 Å². The van der Waals surface area contributed by atoms with Crippen LogP contribution in [-0.4, -0.2) is 51.1 Å². The van der Waals surface area contributed by atoms with Crippen molar-refractivity contribution in [1.29, 1.82) is 0 Å². The fourth-order valence-electron chi connectivity index (χ4n) is 5.20. The molecule has 0 unspecified atom stereocenters. The van der Waals surface area contributed by atoms with Gasteiger partial charge in [0.15, 0.2) is 5.65 Å². The van der Waals surface area contributed by atoms with Crippen LogP contribution in [0.25, 0.3) is 16.7 Å². The summed E-state index contributed by atoms with van der Waals surface area (Å²) in [6.45, 7) is 11.3. The van der Waals surface area contributed by atoms with Gasteiger partial charge in [0.05, 0.1) is 11.5 Å². The zero-order valence-electron chi connectivity index (χ0n) is 24.2. The van der Waals surface area contributed by atoms with Gasteiger partial charge in [-0.05, 0) is 94.1 Å². The Balaban J connectivity index is 1.46. The van der Waals surface area contributed by atoms with E-state index in [9.17, 15) is 9.59 Å². The van der Waals surface area contributed by atoms with Gasteiger partial charge in [0.25, 0.3) is 5.91 Å². The van der Waals surface area contributed by atoms with Gasteiger partial charge in [0.1, 0.15) is 5.56 Å². The molecule has 0 atom stereocenters. The Bertz CT molecular complexity index is 1560. The Kier molecular flexibility index (Phi) is 8.75. The van der Waals surface area contributed by atoms with Crippen molar-refractivity contribution in [2.24, 2.45) is 0 Å². The lowest BCUT2D eigenvalue weighted by Crippen LogP contribution is -2.32. The molecule has 2 aromatic heterocycles. The average Bonchev–Trinajstić information content (AvgIpc) is 3.00. The van der Waals surface area contributed by atoms with Gasteiger partial charge in [-0.1, -0.05) is 38.1 Å². The Morgan fingerprint density at radius 1 is 1.05 bits per heavy atom. The summed E-state index contributed by atoms with van der Waals surface area (Å²) in [6.07, 6.45) is 6.00. The fraction of sp³-hybridized carbons (Fsp3) is 0.375. The van der Waals surface area contributed by atoms with Crippen LogP contribution in [0.3, 0.4) is 0 Å². The molecule has 1 amide bonds. The zero-order valence-corrected chi connectivity index (χ0v) is 24.2. The fourth-order valence-corrected chi connectivity index (χ4v) is 5.20. The maximum absolute atomic E-state index is 13.4. The molecule has 214 valence electrons.